The fourth-order valence-electron chi connectivity index (χ4n) is 4.23. The minimum absolute atomic E-state index is 0.0392. The number of methoxy groups -OCH3 is 2. The molecular weight excluding hydrogens is 478 g/mol. The summed E-state index contributed by atoms with van der Waals surface area (Å²) in [6, 6.07) is 14.1. The number of ketones is 1. The third-order valence-electron chi connectivity index (χ3n) is 6.08. The number of aliphatic hydroxyl groups excluding tert-OH is 1. The largest absolute Gasteiger partial charge is 0.503 e. The first-order valence-corrected chi connectivity index (χ1v) is 12.3. The van der Waals surface area contributed by atoms with Crippen molar-refractivity contribution in [3.8, 4) is 22.1 Å². The van der Waals surface area contributed by atoms with E-state index in [0.717, 1.165) is 5.56 Å². The molecule has 36 heavy (non-hydrogen) atoms. The molecular formula is C27H29N3O5S. The SMILES string of the molecule is COc1ccc([C@@H]2C(C(=O)c3sc(-c4ccccc4)nc3C)=C(O)C(=O)N2CCN(C)C)cc1OC. The van der Waals surface area contributed by atoms with Crippen LogP contribution in [0.2, 0.25) is 0 Å². The smallest absolute Gasteiger partial charge is 0.290 e. The number of aliphatic hydroxyl groups is 1. The van der Waals surface area contributed by atoms with Gasteiger partial charge in [0.1, 0.15) is 5.01 Å². The van der Waals surface area contributed by atoms with Gasteiger partial charge in [-0.3, -0.25) is 9.59 Å². The van der Waals surface area contributed by atoms with Crippen molar-refractivity contribution in [1.82, 2.24) is 14.8 Å². The second-order valence-corrected chi connectivity index (χ2v) is 9.71. The van der Waals surface area contributed by atoms with Crippen molar-refractivity contribution in [3.63, 3.8) is 0 Å². The van der Waals surface area contributed by atoms with Crippen LogP contribution in [0.4, 0.5) is 0 Å². The number of Topliss-reactive ketones (excluding diaryl/α,β-unsaturated/α-hetero) is 1. The van der Waals surface area contributed by atoms with E-state index in [1.165, 1.54) is 30.5 Å². The molecule has 2 heterocycles. The zero-order valence-electron chi connectivity index (χ0n) is 20.9. The van der Waals surface area contributed by atoms with Gasteiger partial charge in [0.25, 0.3) is 5.91 Å². The molecule has 0 fully saturated rings. The molecule has 2 aromatic carbocycles. The van der Waals surface area contributed by atoms with E-state index in [2.05, 4.69) is 4.98 Å². The second-order valence-electron chi connectivity index (χ2n) is 8.71. The molecule has 188 valence electrons. The van der Waals surface area contributed by atoms with Gasteiger partial charge in [-0.1, -0.05) is 36.4 Å². The number of ether oxygens (including phenoxy) is 2. The van der Waals surface area contributed by atoms with Crippen molar-refractivity contribution in [2.24, 2.45) is 0 Å². The number of hydrogen-bond donors (Lipinski definition) is 1. The number of carbonyl (C=O) groups excluding carboxylic acids is 2. The van der Waals surface area contributed by atoms with E-state index in [0.29, 0.717) is 45.7 Å². The zero-order chi connectivity index (χ0) is 26.0. The number of amides is 1. The highest BCUT2D eigenvalue weighted by atomic mass is 32.1. The first-order chi connectivity index (χ1) is 17.3. The van der Waals surface area contributed by atoms with E-state index in [1.54, 1.807) is 25.1 Å². The highest BCUT2D eigenvalue weighted by Gasteiger charge is 2.44. The molecule has 9 heteroatoms. The summed E-state index contributed by atoms with van der Waals surface area (Å²) < 4.78 is 10.8. The summed E-state index contributed by atoms with van der Waals surface area (Å²) in [5, 5.41) is 11.7. The number of rotatable bonds is 9. The molecule has 1 aliphatic rings. The van der Waals surface area contributed by atoms with Gasteiger partial charge in [-0.2, -0.15) is 0 Å². The van der Waals surface area contributed by atoms with Crippen LogP contribution in [0.1, 0.15) is 27.0 Å². The van der Waals surface area contributed by atoms with Gasteiger partial charge in [0.15, 0.2) is 17.3 Å². The van der Waals surface area contributed by atoms with Crippen molar-refractivity contribution in [1.29, 1.82) is 0 Å². The van der Waals surface area contributed by atoms with Gasteiger partial charge in [-0.25, -0.2) is 4.98 Å². The predicted octanol–water partition coefficient (Wildman–Crippen LogP) is 4.28. The minimum atomic E-state index is -0.786. The molecule has 8 nitrogen and oxygen atoms in total. The zero-order valence-corrected chi connectivity index (χ0v) is 21.8. The molecule has 1 N–H and O–H groups in total. The lowest BCUT2D eigenvalue weighted by molar-refractivity contribution is -0.129. The normalized spacial score (nSPS) is 15.7. The minimum Gasteiger partial charge on any atom is -0.503 e. The maximum Gasteiger partial charge on any atom is 0.290 e. The number of benzene rings is 2. The maximum absolute atomic E-state index is 13.9. The van der Waals surface area contributed by atoms with Crippen molar-refractivity contribution in [2.75, 3.05) is 41.4 Å². The summed E-state index contributed by atoms with van der Waals surface area (Å²) in [6.45, 7) is 2.64. The molecule has 4 rings (SSSR count). The molecule has 0 aliphatic carbocycles. The third-order valence-corrected chi connectivity index (χ3v) is 7.29. The van der Waals surface area contributed by atoms with Crippen LogP contribution in [0.15, 0.2) is 59.9 Å². The van der Waals surface area contributed by atoms with Crippen LogP contribution in [-0.2, 0) is 4.79 Å². The van der Waals surface area contributed by atoms with Gasteiger partial charge in [-0.05, 0) is 38.7 Å². The Hall–Kier alpha value is -3.69. The average molecular weight is 508 g/mol. The van der Waals surface area contributed by atoms with Crippen molar-refractivity contribution < 1.29 is 24.2 Å². The second kappa shape index (κ2) is 10.5. The number of nitrogens with zero attached hydrogens (tertiary/aromatic N) is 3. The van der Waals surface area contributed by atoms with E-state index in [4.69, 9.17) is 9.47 Å². The lowest BCUT2D eigenvalue weighted by Crippen LogP contribution is -2.36. The summed E-state index contributed by atoms with van der Waals surface area (Å²) >= 11 is 1.25. The molecule has 3 aromatic rings. The van der Waals surface area contributed by atoms with E-state index in [-0.39, 0.29) is 5.57 Å². The molecule has 1 amide bonds. The molecule has 1 atom stereocenters. The Labute approximate surface area is 214 Å². The molecule has 0 spiro atoms. The van der Waals surface area contributed by atoms with Crippen molar-refractivity contribution in [2.45, 2.75) is 13.0 Å². The number of hydrogen-bond acceptors (Lipinski definition) is 8. The quantitative estimate of drug-likeness (QED) is 0.432. The standard InChI is InChI=1S/C27H29N3O5S/c1-16-25(36-26(28-16)17-9-7-6-8-10-17)23(31)21-22(18-11-12-19(34-4)20(15-18)35-5)30(14-13-29(2)3)27(33)24(21)32/h6-12,15,22,32H,13-14H2,1-5H3/t22-/m1/s1. The van der Waals surface area contributed by atoms with Crippen molar-refractivity contribution >= 4 is 23.0 Å². The van der Waals surface area contributed by atoms with E-state index in [9.17, 15) is 14.7 Å². The number of aryl methyl sites for hydroxylation is 1. The van der Waals surface area contributed by atoms with Gasteiger partial charge in [0, 0.05) is 18.7 Å². The summed E-state index contributed by atoms with van der Waals surface area (Å²) in [4.78, 5) is 35.6. The Morgan fingerprint density at radius 3 is 2.44 bits per heavy atom. The van der Waals surface area contributed by atoms with E-state index < -0.39 is 23.5 Å². The number of likely N-dealkylation sites (N-methyl/N-ethyl adjacent to an activating group) is 1. The molecule has 1 aliphatic heterocycles. The van der Waals surface area contributed by atoms with Crippen molar-refractivity contribution in [3.05, 3.63) is 76.0 Å². The summed E-state index contributed by atoms with van der Waals surface area (Å²) in [5.41, 5.74) is 2.12. The summed E-state index contributed by atoms with van der Waals surface area (Å²) in [6.07, 6.45) is 0. The van der Waals surface area contributed by atoms with Crippen LogP contribution in [0.25, 0.3) is 10.6 Å². The first kappa shape index (κ1) is 25.4. The Bertz CT molecular complexity index is 1320. The van der Waals surface area contributed by atoms with Crippen LogP contribution >= 0.6 is 11.3 Å². The monoisotopic (exact) mass is 507 g/mol. The van der Waals surface area contributed by atoms with Crippen LogP contribution in [0, 0.1) is 6.92 Å². The van der Waals surface area contributed by atoms with Gasteiger partial charge < -0.3 is 24.4 Å². The number of carbonyl (C=O) groups is 2. The van der Waals surface area contributed by atoms with Crippen LogP contribution in [0.3, 0.4) is 0 Å². The van der Waals surface area contributed by atoms with Gasteiger partial charge in [0.05, 0.1) is 36.4 Å². The molecule has 0 saturated heterocycles. The van der Waals surface area contributed by atoms with E-state index in [1.807, 2.05) is 49.3 Å². The van der Waals surface area contributed by atoms with E-state index >= 15 is 0 Å². The van der Waals surface area contributed by atoms with Crippen LogP contribution in [0.5, 0.6) is 11.5 Å². The van der Waals surface area contributed by atoms with Gasteiger partial charge in [0.2, 0.25) is 5.78 Å². The summed E-state index contributed by atoms with van der Waals surface area (Å²) in [5.74, 6) is -0.533. The summed E-state index contributed by atoms with van der Waals surface area (Å²) in [7, 11) is 6.86. The Balaban J connectivity index is 1.80. The Kier molecular flexibility index (Phi) is 7.42. The average Bonchev–Trinajstić information content (AvgIpc) is 3.39. The maximum atomic E-state index is 13.9. The fourth-order valence-corrected chi connectivity index (χ4v) is 5.25. The lowest BCUT2D eigenvalue weighted by atomic mass is 9.94. The lowest BCUT2D eigenvalue weighted by Gasteiger charge is -2.28. The molecule has 1 aromatic heterocycles. The number of aromatic nitrogens is 1. The van der Waals surface area contributed by atoms with Gasteiger partial charge >= 0.3 is 0 Å². The highest BCUT2D eigenvalue weighted by Crippen LogP contribution is 2.43. The molecule has 0 bridgehead atoms. The predicted molar refractivity (Wildman–Crippen MR) is 139 cm³/mol. The topological polar surface area (TPSA) is 92.2 Å². The first-order valence-electron chi connectivity index (χ1n) is 11.4. The number of thiazole rings is 1. The third kappa shape index (κ3) is 4.72. The highest BCUT2D eigenvalue weighted by molar-refractivity contribution is 7.17. The van der Waals surface area contributed by atoms with Gasteiger partial charge in [-0.15, -0.1) is 11.3 Å². The fraction of sp³-hybridized carbons (Fsp3) is 0.296. The van der Waals surface area contributed by atoms with Crippen LogP contribution < -0.4 is 9.47 Å². The van der Waals surface area contributed by atoms with Crippen LogP contribution in [-0.4, -0.2) is 73.0 Å². The molecule has 0 unspecified atom stereocenters. The Morgan fingerprint density at radius 2 is 1.81 bits per heavy atom. The molecule has 0 radical (unpaired) electrons. The molecule has 0 saturated carbocycles. The Morgan fingerprint density at radius 1 is 1.11 bits per heavy atom.